The third-order valence-corrected chi connectivity index (χ3v) is 1.93. The standard InChI is InChI=1S/C10H13N3O2/c11-6-9(13-10(15)12-7-14)8-4-2-1-3-5-8/h1-5,7,9H,6,11H2,(H2,12,13,14,15). The van der Waals surface area contributed by atoms with Gasteiger partial charge in [0.05, 0.1) is 6.04 Å². The van der Waals surface area contributed by atoms with Crippen molar-refractivity contribution in [1.82, 2.24) is 10.6 Å². The summed E-state index contributed by atoms with van der Waals surface area (Å²) in [6.45, 7) is 0.274. The summed E-state index contributed by atoms with van der Waals surface area (Å²) in [6.07, 6.45) is 0.327. The van der Waals surface area contributed by atoms with Gasteiger partial charge in [0.15, 0.2) is 0 Å². The molecule has 0 fully saturated rings. The Morgan fingerprint density at radius 2 is 2.07 bits per heavy atom. The normalized spacial score (nSPS) is 11.5. The summed E-state index contributed by atoms with van der Waals surface area (Å²) in [5.41, 5.74) is 6.42. The summed E-state index contributed by atoms with van der Waals surface area (Å²) >= 11 is 0. The molecule has 0 radical (unpaired) electrons. The van der Waals surface area contributed by atoms with Crippen LogP contribution in [0.3, 0.4) is 0 Å². The molecule has 0 aliphatic heterocycles. The Morgan fingerprint density at radius 1 is 1.40 bits per heavy atom. The lowest BCUT2D eigenvalue weighted by Gasteiger charge is -2.16. The van der Waals surface area contributed by atoms with Gasteiger partial charge in [-0.15, -0.1) is 0 Å². The topological polar surface area (TPSA) is 84.2 Å². The van der Waals surface area contributed by atoms with E-state index in [-0.39, 0.29) is 12.6 Å². The maximum absolute atomic E-state index is 11.1. The lowest BCUT2D eigenvalue weighted by Crippen LogP contribution is -2.39. The Kier molecular flexibility index (Phi) is 4.30. The van der Waals surface area contributed by atoms with Crippen LogP contribution in [-0.2, 0) is 4.79 Å². The first-order valence-corrected chi connectivity index (χ1v) is 4.53. The molecule has 0 aliphatic rings. The number of nitrogens with one attached hydrogen (secondary N) is 2. The molecule has 5 nitrogen and oxygen atoms in total. The van der Waals surface area contributed by atoms with Crippen LogP contribution in [0.2, 0.25) is 0 Å². The van der Waals surface area contributed by atoms with Gasteiger partial charge < -0.3 is 11.1 Å². The predicted molar refractivity (Wildman–Crippen MR) is 56.0 cm³/mol. The number of hydrogen-bond donors (Lipinski definition) is 3. The second kappa shape index (κ2) is 5.77. The Hall–Kier alpha value is -1.88. The highest BCUT2D eigenvalue weighted by atomic mass is 16.2. The molecular weight excluding hydrogens is 194 g/mol. The van der Waals surface area contributed by atoms with Crippen LogP contribution in [0.25, 0.3) is 0 Å². The van der Waals surface area contributed by atoms with Crippen LogP contribution in [0.4, 0.5) is 4.79 Å². The first-order valence-electron chi connectivity index (χ1n) is 4.53. The molecular formula is C10H13N3O2. The van der Waals surface area contributed by atoms with Crippen molar-refractivity contribution in [2.75, 3.05) is 6.54 Å². The molecule has 0 aromatic heterocycles. The van der Waals surface area contributed by atoms with Crippen molar-refractivity contribution in [3.8, 4) is 0 Å². The van der Waals surface area contributed by atoms with Crippen molar-refractivity contribution in [1.29, 1.82) is 0 Å². The zero-order valence-corrected chi connectivity index (χ0v) is 8.14. The molecule has 80 valence electrons. The van der Waals surface area contributed by atoms with E-state index >= 15 is 0 Å². The fourth-order valence-electron chi connectivity index (χ4n) is 1.22. The van der Waals surface area contributed by atoms with Crippen molar-refractivity contribution < 1.29 is 9.59 Å². The summed E-state index contributed by atoms with van der Waals surface area (Å²) < 4.78 is 0. The minimum absolute atomic E-state index is 0.274. The minimum atomic E-state index is -0.552. The Balaban J connectivity index is 2.64. The summed E-state index contributed by atoms with van der Waals surface area (Å²) in [5, 5.41) is 4.57. The van der Waals surface area contributed by atoms with Gasteiger partial charge in [0, 0.05) is 6.54 Å². The molecule has 0 heterocycles. The van der Waals surface area contributed by atoms with Crippen molar-refractivity contribution in [3.63, 3.8) is 0 Å². The minimum Gasteiger partial charge on any atom is -0.330 e. The molecule has 0 bridgehead atoms. The Bertz CT molecular complexity index is 327. The summed E-state index contributed by atoms with van der Waals surface area (Å²) in [7, 11) is 0. The van der Waals surface area contributed by atoms with Crippen LogP contribution in [0, 0.1) is 0 Å². The van der Waals surface area contributed by atoms with Gasteiger partial charge in [0.25, 0.3) is 0 Å². The van der Waals surface area contributed by atoms with E-state index in [0.29, 0.717) is 6.41 Å². The second-order valence-electron chi connectivity index (χ2n) is 2.93. The smallest absolute Gasteiger partial charge is 0.321 e. The van der Waals surface area contributed by atoms with Gasteiger partial charge >= 0.3 is 6.03 Å². The summed E-state index contributed by atoms with van der Waals surface area (Å²) in [5.74, 6) is 0. The Labute approximate surface area is 87.7 Å². The number of benzene rings is 1. The molecule has 1 aromatic rings. The number of imide groups is 1. The predicted octanol–water partition coefficient (Wildman–Crippen LogP) is 0.142. The van der Waals surface area contributed by atoms with E-state index in [4.69, 9.17) is 5.73 Å². The van der Waals surface area contributed by atoms with Crippen LogP contribution < -0.4 is 16.4 Å². The first-order chi connectivity index (χ1) is 7.27. The van der Waals surface area contributed by atoms with Gasteiger partial charge in [0.1, 0.15) is 0 Å². The lowest BCUT2D eigenvalue weighted by molar-refractivity contribution is -0.108. The highest BCUT2D eigenvalue weighted by Gasteiger charge is 2.11. The molecule has 15 heavy (non-hydrogen) atoms. The fraction of sp³-hybridized carbons (Fsp3) is 0.200. The molecule has 1 aromatic carbocycles. The highest BCUT2D eigenvalue weighted by Crippen LogP contribution is 2.10. The number of hydrogen-bond acceptors (Lipinski definition) is 3. The average molecular weight is 207 g/mol. The highest BCUT2D eigenvalue weighted by molar-refractivity contribution is 5.84. The van der Waals surface area contributed by atoms with Crippen LogP contribution in [-0.4, -0.2) is 19.0 Å². The molecule has 0 spiro atoms. The van der Waals surface area contributed by atoms with E-state index in [2.05, 4.69) is 5.32 Å². The van der Waals surface area contributed by atoms with Crippen LogP contribution in [0.1, 0.15) is 11.6 Å². The zero-order chi connectivity index (χ0) is 11.1. The molecule has 1 atom stereocenters. The molecule has 5 heteroatoms. The third-order valence-electron chi connectivity index (χ3n) is 1.93. The third kappa shape index (κ3) is 3.40. The second-order valence-corrected chi connectivity index (χ2v) is 2.93. The quantitative estimate of drug-likeness (QED) is 0.614. The van der Waals surface area contributed by atoms with Crippen molar-refractivity contribution in [2.24, 2.45) is 5.73 Å². The monoisotopic (exact) mass is 207 g/mol. The molecule has 1 unspecified atom stereocenters. The van der Waals surface area contributed by atoms with Crippen LogP contribution in [0.5, 0.6) is 0 Å². The average Bonchev–Trinajstić information content (AvgIpc) is 2.27. The van der Waals surface area contributed by atoms with Gasteiger partial charge in [-0.2, -0.15) is 0 Å². The molecule has 4 N–H and O–H groups in total. The van der Waals surface area contributed by atoms with E-state index < -0.39 is 6.03 Å². The number of carbonyl (C=O) groups is 2. The van der Waals surface area contributed by atoms with E-state index in [1.54, 1.807) is 0 Å². The fourth-order valence-corrected chi connectivity index (χ4v) is 1.22. The first kappa shape index (κ1) is 11.2. The maximum atomic E-state index is 11.1. The van der Waals surface area contributed by atoms with E-state index in [9.17, 15) is 9.59 Å². The number of nitrogens with two attached hydrogens (primary N) is 1. The lowest BCUT2D eigenvalue weighted by atomic mass is 10.1. The van der Waals surface area contributed by atoms with Crippen LogP contribution in [0.15, 0.2) is 30.3 Å². The van der Waals surface area contributed by atoms with E-state index in [1.807, 2.05) is 35.6 Å². The Morgan fingerprint density at radius 3 is 2.60 bits per heavy atom. The van der Waals surface area contributed by atoms with E-state index in [0.717, 1.165) is 5.56 Å². The van der Waals surface area contributed by atoms with Crippen molar-refractivity contribution >= 4 is 12.4 Å². The van der Waals surface area contributed by atoms with Crippen molar-refractivity contribution in [3.05, 3.63) is 35.9 Å². The van der Waals surface area contributed by atoms with Crippen LogP contribution >= 0.6 is 0 Å². The SMILES string of the molecule is NCC(NC(=O)NC=O)c1ccccc1. The number of carbonyl (C=O) groups excluding carboxylic acids is 2. The molecule has 0 aliphatic carbocycles. The molecule has 0 saturated carbocycles. The van der Waals surface area contributed by atoms with Gasteiger partial charge in [0.2, 0.25) is 6.41 Å². The van der Waals surface area contributed by atoms with E-state index in [1.165, 1.54) is 0 Å². The van der Waals surface area contributed by atoms with Gasteiger partial charge in [-0.1, -0.05) is 30.3 Å². The summed E-state index contributed by atoms with van der Waals surface area (Å²) in [4.78, 5) is 21.1. The summed E-state index contributed by atoms with van der Waals surface area (Å²) in [6, 6.07) is 8.48. The molecule has 3 amide bonds. The van der Waals surface area contributed by atoms with Crippen molar-refractivity contribution in [2.45, 2.75) is 6.04 Å². The zero-order valence-electron chi connectivity index (χ0n) is 8.14. The number of urea groups is 1. The largest absolute Gasteiger partial charge is 0.330 e. The number of rotatable bonds is 4. The molecule has 1 rings (SSSR count). The van der Waals surface area contributed by atoms with Gasteiger partial charge in [-0.25, -0.2) is 4.79 Å². The van der Waals surface area contributed by atoms with Gasteiger partial charge in [-0.05, 0) is 5.56 Å². The van der Waals surface area contributed by atoms with Gasteiger partial charge in [-0.3, -0.25) is 10.1 Å². The maximum Gasteiger partial charge on any atom is 0.321 e. The molecule has 0 saturated heterocycles. The number of amides is 3.